The second kappa shape index (κ2) is 10.3. The number of amides is 2. The van der Waals surface area contributed by atoms with Gasteiger partial charge in [0.05, 0.1) is 13.5 Å². The lowest BCUT2D eigenvalue weighted by molar-refractivity contribution is -0.140. The molecule has 0 bridgehead atoms. The van der Waals surface area contributed by atoms with Crippen LogP contribution in [0.1, 0.15) is 24.5 Å². The van der Waals surface area contributed by atoms with Crippen molar-refractivity contribution in [3.05, 3.63) is 63.6 Å². The average molecular weight is 423 g/mol. The highest BCUT2D eigenvalue weighted by atomic mass is 35.5. The minimum absolute atomic E-state index is 0.00989. The number of carbonyl (C=O) groups excluding carboxylic acids is 2. The summed E-state index contributed by atoms with van der Waals surface area (Å²) >= 11 is 12.5. The van der Waals surface area contributed by atoms with Crippen molar-refractivity contribution < 1.29 is 14.3 Å². The van der Waals surface area contributed by atoms with Gasteiger partial charge in [-0.3, -0.25) is 9.59 Å². The van der Waals surface area contributed by atoms with Crippen molar-refractivity contribution in [3.8, 4) is 5.75 Å². The van der Waals surface area contributed by atoms with Gasteiger partial charge in [0.1, 0.15) is 11.8 Å². The number of methoxy groups -OCH3 is 1. The maximum atomic E-state index is 13.2. The highest BCUT2D eigenvalue weighted by Gasteiger charge is 2.28. The topological polar surface area (TPSA) is 58.6 Å². The van der Waals surface area contributed by atoms with Crippen LogP contribution in [0.3, 0.4) is 0 Å². The Morgan fingerprint density at radius 2 is 1.79 bits per heavy atom. The van der Waals surface area contributed by atoms with Crippen LogP contribution in [0.15, 0.2) is 42.5 Å². The third kappa shape index (κ3) is 5.40. The zero-order chi connectivity index (χ0) is 20.7. The highest BCUT2D eigenvalue weighted by Crippen LogP contribution is 2.26. The van der Waals surface area contributed by atoms with Crippen LogP contribution in [0.4, 0.5) is 0 Å². The van der Waals surface area contributed by atoms with Crippen LogP contribution < -0.4 is 10.1 Å². The van der Waals surface area contributed by atoms with Gasteiger partial charge in [-0.05, 0) is 41.8 Å². The molecule has 2 aromatic rings. The lowest BCUT2D eigenvalue weighted by Crippen LogP contribution is -2.48. The number of nitrogens with one attached hydrogen (secondary N) is 1. The second-order valence-electron chi connectivity index (χ2n) is 6.29. The summed E-state index contributed by atoms with van der Waals surface area (Å²) < 4.78 is 5.26. The van der Waals surface area contributed by atoms with Crippen LogP contribution >= 0.6 is 23.2 Å². The van der Waals surface area contributed by atoms with Crippen molar-refractivity contribution >= 4 is 35.0 Å². The SMILES string of the molecule is CC[C@@H](C(=O)NC)N(Cc1cccc(OC)c1)C(=O)Cc1c(Cl)cccc1Cl. The highest BCUT2D eigenvalue weighted by molar-refractivity contribution is 6.36. The van der Waals surface area contributed by atoms with E-state index >= 15 is 0 Å². The van der Waals surface area contributed by atoms with Gasteiger partial charge < -0.3 is 15.0 Å². The first-order chi connectivity index (χ1) is 13.4. The largest absolute Gasteiger partial charge is 0.497 e. The molecule has 150 valence electrons. The molecule has 0 aliphatic carbocycles. The molecule has 0 fully saturated rings. The molecule has 0 aliphatic heterocycles. The van der Waals surface area contributed by atoms with Gasteiger partial charge in [-0.15, -0.1) is 0 Å². The first-order valence-corrected chi connectivity index (χ1v) is 9.73. The minimum atomic E-state index is -0.607. The van der Waals surface area contributed by atoms with Gasteiger partial charge >= 0.3 is 0 Å². The van der Waals surface area contributed by atoms with E-state index in [2.05, 4.69) is 5.32 Å². The number of rotatable bonds is 8. The van der Waals surface area contributed by atoms with Crippen molar-refractivity contribution in [1.82, 2.24) is 10.2 Å². The predicted octanol–water partition coefficient (Wildman–Crippen LogP) is 4.10. The molecule has 7 heteroatoms. The number of hydrogen-bond donors (Lipinski definition) is 1. The van der Waals surface area contributed by atoms with Crippen LogP contribution in [0, 0.1) is 0 Å². The van der Waals surface area contributed by atoms with Gasteiger partial charge in [0.2, 0.25) is 11.8 Å². The molecule has 0 heterocycles. The number of ether oxygens (including phenoxy) is 1. The van der Waals surface area contributed by atoms with Gasteiger partial charge in [-0.1, -0.05) is 48.3 Å². The summed E-state index contributed by atoms with van der Waals surface area (Å²) in [6.45, 7) is 2.14. The maximum Gasteiger partial charge on any atom is 0.242 e. The Balaban J connectivity index is 2.36. The summed E-state index contributed by atoms with van der Waals surface area (Å²) in [5.74, 6) is 0.240. The molecule has 5 nitrogen and oxygen atoms in total. The van der Waals surface area contributed by atoms with Crippen LogP contribution in [0.2, 0.25) is 10.0 Å². The number of benzene rings is 2. The number of likely N-dealkylation sites (N-methyl/N-ethyl adjacent to an activating group) is 1. The minimum Gasteiger partial charge on any atom is -0.497 e. The van der Waals surface area contributed by atoms with Gasteiger partial charge in [0, 0.05) is 23.6 Å². The zero-order valence-corrected chi connectivity index (χ0v) is 17.7. The molecule has 0 aromatic heterocycles. The van der Waals surface area contributed by atoms with Crippen LogP contribution in [-0.4, -0.2) is 36.9 Å². The van der Waals surface area contributed by atoms with Crippen molar-refractivity contribution in [2.45, 2.75) is 32.4 Å². The van der Waals surface area contributed by atoms with Crippen molar-refractivity contribution in [1.29, 1.82) is 0 Å². The number of nitrogens with zero attached hydrogens (tertiary/aromatic N) is 1. The standard InChI is InChI=1S/C21H24Cl2N2O3/c1-4-19(21(27)24-2)25(13-14-7-5-8-15(11-14)28-3)20(26)12-16-17(22)9-6-10-18(16)23/h5-11,19H,4,12-13H2,1-3H3,(H,24,27)/t19-/m0/s1. The van der Waals surface area contributed by atoms with Gasteiger partial charge in [0.15, 0.2) is 0 Å². The fourth-order valence-electron chi connectivity index (χ4n) is 3.01. The first kappa shape index (κ1) is 22.1. The number of hydrogen-bond acceptors (Lipinski definition) is 3. The average Bonchev–Trinajstić information content (AvgIpc) is 2.70. The smallest absolute Gasteiger partial charge is 0.242 e. The molecule has 0 unspecified atom stereocenters. The molecule has 0 saturated heterocycles. The quantitative estimate of drug-likeness (QED) is 0.696. The Morgan fingerprint density at radius 1 is 1.14 bits per heavy atom. The molecule has 0 radical (unpaired) electrons. The molecule has 0 spiro atoms. The van der Waals surface area contributed by atoms with E-state index in [1.54, 1.807) is 37.3 Å². The van der Waals surface area contributed by atoms with Crippen molar-refractivity contribution in [3.63, 3.8) is 0 Å². The Labute approximate surface area is 175 Å². The van der Waals surface area contributed by atoms with Crippen molar-refractivity contribution in [2.75, 3.05) is 14.2 Å². The molecule has 0 saturated carbocycles. The summed E-state index contributed by atoms with van der Waals surface area (Å²) in [5.41, 5.74) is 1.42. The Kier molecular flexibility index (Phi) is 8.15. The van der Waals surface area contributed by atoms with E-state index < -0.39 is 6.04 Å². The lowest BCUT2D eigenvalue weighted by Gasteiger charge is -2.30. The molecular weight excluding hydrogens is 399 g/mol. The van der Waals surface area contributed by atoms with E-state index in [9.17, 15) is 9.59 Å². The molecule has 1 atom stereocenters. The molecule has 0 aliphatic rings. The normalized spacial score (nSPS) is 11.6. The van der Waals surface area contributed by atoms with Gasteiger partial charge in [-0.25, -0.2) is 0 Å². The molecule has 2 amide bonds. The second-order valence-corrected chi connectivity index (χ2v) is 7.10. The Morgan fingerprint density at radius 3 is 2.36 bits per heavy atom. The van der Waals surface area contributed by atoms with Gasteiger partial charge in [0.25, 0.3) is 0 Å². The summed E-state index contributed by atoms with van der Waals surface area (Å²) in [6.07, 6.45) is 0.488. The number of halogens is 2. The number of carbonyl (C=O) groups is 2. The van der Waals surface area contributed by atoms with Crippen LogP contribution in [0.5, 0.6) is 5.75 Å². The maximum absolute atomic E-state index is 13.2. The predicted molar refractivity (Wildman–Crippen MR) is 112 cm³/mol. The molecule has 28 heavy (non-hydrogen) atoms. The fraction of sp³-hybridized carbons (Fsp3) is 0.333. The summed E-state index contributed by atoms with van der Waals surface area (Å²) in [6, 6.07) is 11.9. The van der Waals surface area contributed by atoms with Gasteiger partial charge in [-0.2, -0.15) is 0 Å². The lowest BCUT2D eigenvalue weighted by atomic mass is 10.1. The van der Waals surface area contributed by atoms with E-state index in [1.165, 1.54) is 0 Å². The monoisotopic (exact) mass is 422 g/mol. The van der Waals surface area contributed by atoms with E-state index in [1.807, 2.05) is 31.2 Å². The third-order valence-corrected chi connectivity index (χ3v) is 5.22. The third-order valence-electron chi connectivity index (χ3n) is 4.51. The summed E-state index contributed by atoms with van der Waals surface area (Å²) in [4.78, 5) is 27.2. The van der Waals surface area contributed by atoms with Crippen LogP contribution in [-0.2, 0) is 22.6 Å². The summed E-state index contributed by atoms with van der Waals surface area (Å²) in [7, 11) is 3.14. The van der Waals surface area contributed by atoms with E-state index in [-0.39, 0.29) is 24.8 Å². The molecule has 2 rings (SSSR count). The first-order valence-electron chi connectivity index (χ1n) is 8.98. The Bertz CT molecular complexity index is 822. The van der Waals surface area contributed by atoms with Crippen molar-refractivity contribution in [2.24, 2.45) is 0 Å². The van der Waals surface area contributed by atoms with E-state index in [0.29, 0.717) is 27.8 Å². The molecule has 2 aromatic carbocycles. The van der Waals surface area contributed by atoms with E-state index in [0.717, 1.165) is 5.56 Å². The van der Waals surface area contributed by atoms with Crippen LogP contribution in [0.25, 0.3) is 0 Å². The molecular formula is C21H24Cl2N2O3. The summed E-state index contributed by atoms with van der Waals surface area (Å²) in [5, 5.41) is 3.49. The Hall–Kier alpha value is -2.24. The fourth-order valence-corrected chi connectivity index (χ4v) is 3.54. The molecule has 1 N–H and O–H groups in total. The zero-order valence-electron chi connectivity index (χ0n) is 16.2. The van der Waals surface area contributed by atoms with E-state index in [4.69, 9.17) is 27.9 Å².